The van der Waals surface area contributed by atoms with Crippen LogP contribution in [0.25, 0.3) is 0 Å². The van der Waals surface area contributed by atoms with Gasteiger partial charge in [-0.3, -0.25) is 28.8 Å². The van der Waals surface area contributed by atoms with Crippen LogP contribution < -0.4 is 0 Å². The predicted octanol–water partition coefficient (Wildman–Crippen LogP) is 2.91. The van der Waals surface area contributed by atoms with Gasteiger partial charge in [0.2, 0.25) is 17.3 Å². The number of hydrogen-bond donors (Lipinski definition) is 0. The van der Waals surface area contributed by atoms with Crippen LogP contribution in [0, 0.1) is 0 Å². The first-order valence-electron chi connectivity index (χ1n) is 7.30. The molecule has 31 heavy (non-hydrogen) atoms. The Morgan fingerprint density at radius 3 is 0.613 bits per heavy atom. The largest absolute Gasteiger partial charge is 0.450 e. The lowest BCUT2D eigenvalue weighted by atomic mass is 10.2. The molecule has 0 unspecified atom stereocenters. The third-order valence-electron chi connectivity index (χ3n) is 2.18. The molecule has 3 radical (unpaired) electrons. The highest BCUT2D eigenvalue weighted by Crippen LogP contribution is 2.18. The van der Waals surface area contributed by atoms with Gasteiger partial charge in [-0.15, -0.1) is 0 Å². The smallest absolute Gasteiger partial charge is 0.300 e. The summed E-state index contributed by atoms with van der Waals surface area (Å²) in [6, 6.07) is 0. The molecule has 0 saturated heterocycles. The van der Waals surface area contributed by atoms with E-state index in [1.165, 1.54) is 0 Å². The van der Waals surface area contributed by atoms with Gasteiger partial charge in [0.25, 0.3) is 0 Å². The van der Waals surface area contributed by atoms with Crippen LogP contribution in [-0.2, 0) is 28.8 Å². The molecule has 0 aromatic carbocycles. The van der Waals surface area contributed by atoms with E-state index in [1.807, 2.05) is 0 Å². The molecule has 6 nitrogen and oxygen atoms in total. The lowest BCUT2D eigenvalue weighted by Crippen LogP contribution is -2.24. The van der Waals surface area contributed by atoms with Crippen LogP contribution in [0.2, 0.25) is 0 Å². The zero-order valence-corrected chi connectivity index (χ0v) is 17.2. The van der Waals surface area contributed by atoms with Crippen molar-refractivity contribution in [3.05, 3.63) is 0 Å². The molecule has 177 valence electrons. The second-order valence-electron chi connectivity index (χ2n) is 5.40. The van der Waals surface area contributed by atoms with Crippen LogP contribution >= 0.6 is 0 Å². The van der Waals surface area contributed by atoms with Crippen molar-refractivity contribution in [1.82, 2.24) is 0 Å². The lowest BCUT2D eigenvalue weighted by Gasteiger charge is -2.00. The minimum absolute atomic E-state index is 0. The molecular weight excluding hydrogens is 474 g/mol. The molecule has 0 rings (SSSR count). The normalized spacial score (nSPS) is 10.8. The van der Waals surface area contributed by atoms with Crippen molar-refractivity contribution >= 4 is 52.1 Å². The van der Waals surface area contributed by atoms with E-state index >= 15 is 0 Å². The molecule has 0 aliphatic rings. The van der Waals surface area contributed by atoms with Crippen molar-refractivity contribution in [1.29, 1.82) is 0 Å². The molecule has 0 fully saturated rings. The predicted molar refractivity (Wildman–Crippen MR) is 84.8 cm³/mol. The van der Waals surface area contributed by atoms with Gasteiger partial charge in [0.05, 0.1) is 19.3 Å². The molecule has 0 aliphatic carbocycles. The van der Waals surface area contributed by atoms with Crippen LogP contribution in [0.3, 0.4) is 0 Å². The maximum Gasteiger partial charge on any atom is 0.450 e. The summed E-state index contributed by atoms with van der Waals surface area (Å²) in [5.41, 5.74) is 0. The molecule has 16 heteroatoms. The molecule has 0 aromatic heterocycles. The summed E-state index contributed by atoms with van der Waals surface area (Å²) < 4.78 is 102. The summed E-state index contributed by atoms with van der Waals surface area (Å²) in [5, 5.41) is 0. The van der Waals surface area contributed by atoms with Crippen LogP contribution in [0.4, 0.5) is 39.5 Å². The zero-order chi connectivity index (χ0) is 25.1. The number of halogens is 9. The fourth-order valence-corrected chi connectivity index (χ4v) is 0.979. The van der Waals surface area contributed by atoms with Crippen molar-refractivity contribution in [3.8, 4) is 0 Å². The highest BCUT2D eigenvalue weighted by molar-refractivity contribution is 6.01. The first kappa shape index (κ1) is 36.3. The van der Waals surface area contributed by atoms with Crippen molar-refractivity contribution in [2.24, 2.45) is 0 Å². The van der Waals surface area contributed by atoms with Crippen molar-refractivity contribution in [2.75, 3.05) is 0 Å². The quantitative estimate of drug-likeness (QED) is 0.323. The van der Waals surface area contributed by atoms with Gasteiger partial charge >= 0.3 is 18.5 Å². The SMILES string of the molecule is CC(=O)CC(=O)C(F)(F)F.CC(=O)CC(=O)C(F)(F)F.CC(=O)CC(=O)C(F)(F)F.[Al]. The molecule has 0 N–H and O–H groups in total. The van der Waals surface area contributed by atoms with Gasteiger partial charge in [-0.05, 0) is 20.8 Å². The van der Waals surface area contributed by atoms with Gasteiger partial charge in [-0.1, -0.05) is 0 Å². The maximum atomic E-state index is 11.3. The van der Waals surface area contributed by atoms with Gasteiger partial charge in [-0.2, -0.15) is 39.5 Å². The maximum absolute atomic E-state index is 11.3. The molecule has 0 bridgehead atoms. The topological polar surface area (TPSA) is 102 Å². The van der Waals surface area contributed by atoms with E-state index in [-0.39, 0.29) is 17.4 Å². The molecule has 0 saturated carbocycles. The average molecular weight is 489 g/mol. The second-order valence-corrected chi connectivity index (χ2v) is 5.40. The van der Waals surface area contributed by atoms with Gasteiger partial charge in [0.15, 0.2) is 0 Å². The van der Waals surface area contributed by atoms with Crippen molar-refractivity contribution in [2.45, 2.75) is 58.6 Å². The standard InChI is InChI=1S/3C5H5F3O2.Al/c3*1-3(9)2-4(10)5(6,7)8;/h3*2H2,1H3;. The minimum atomic E-state index is -4.87. The van der Waals surface area contributed by atoms with Gasteiger partial charge in [0, 0.05) is 17.4 Å². The fraction of sp³-hybridized carbons (Fsp3) is 0.600. The van der Waals surface area contributed by atoms with E-state index in [0.717, 1.165) is 20.8 Å². The number of rotatable bonds is 6. The zero-order valence-electron chi connectivity index (χ0n) is 16.0. The Labute approximate surface area is 179 Å². The Balaban J connectivity index is -0.000000174. The van der Waals surface area contributed by atoms with Gasteiger partial charge in [-0.25, -0.2) is 0 Å². The Bertz CT molecular complexity index is 573. The molecule has 0 amide bonds. The Hall–Kier alpha value is -2.08. The van der Waals surface area contributed by atoms with E-state index in [4.69, 9.17) is 0 Å². The summed E-state index contributed by atoms with van der Waals surface area (Å²) >= 11 is 0. The molecule has 0 heterocycles. The molecule has 0 atom stereocenters. The van der Waals surface area contributed by atoms with Crippen LogP contribution in [0.15, 0.2) is 0 Å². The average Bonchev–Trinajstić information content (AvgIpc) is 2.43. The molecule has 0 aliphatic heterocycles. The first-order valence-corrected chi connectivity index (χ1v) is 7.30. The van der Waals surface area contributed by atoms with E-state index in [0.29, 0.717) is 0 Å². The Morgan fingerprint density at radius 2 is 0.581 bits per heavy atom. The van der Waals surface area contributed by atoms with Crippen LogP contribution in [0.5, 0.6) is 0 Å². The molecular formula is C15H15AlF9O6. The summed E-state index contributed by atoms with van der Waals surface area (Å²) in [7, 11) is 0. The first-order chi connectivity index (χ1) is 13.0. The third kappa shape index (κ3) is 24.1. The minimum Gasteiger partial charge on any atom is -0.300 e. The number of hydrogen-bond acceptors (Lipinski definition) is 6. The van der Waals surface area contributed by atoms with Gasteiger partial charge in [0.1, 0.15) is 17.3 Å². The van der Waals surface area contributed by atoms with Crippen LogP contribution in [0.1, 0.15) is 40.0 Å². The van der Waals surface area contributed by atoms with Crippen LogP contribution in [-0.4, -0.2) is 70.6 Å². The fourth-order valence-electron chi connectivity index (χ4n) is 0.979. The van der Waals surface area contributed by atoms with Gasteiger partial charge < -0.3 is 0 Å². The number of carbonyl (C=O) groups is 6. The lowest BCUT2D eigenvalue weighted by molar-refractivity contribution is -0.171. The number of Topliss-reactive ketones (excluding diaryl/α,β-unsaturated/α-hetero) is 6. The summed E-state index contributed by atoms with van der Waals surface area (Å²) in [4.78, 5) is 59.7. The summed E-state index contributed by atoms with van der Waals surface area (Å²) in [6.07, 6.45) is -17.8. The van der Waals surface area contributed by atoms with E-state index in [2.05, 4.69) is 0 Å². The number of ketones is 6. The van der Waals surface area contributed by atoms with E-state index in [1.54, 1.807) is 0 Å². The molecule has 0 aromatic rings. The molecule has 0 spiro atoms. The van der Waals surface area contributed by atoms with Crippen molar-refractivity contribution in [3.63, 3.8) is 0 Å². The summed E-state index contributed by atoms with van der Waals surface area (Å²) in [5.74, 6) is -8.29. The van der Waals surface area contributed by atoms with E-state index < -0.39 is 72.5 Å². The highest BCUT2D eigenvalue weighted by atomic mass is 27.0. The number of carbonyl (C=O) groups excluding carboxylic acids is 6. The van der Waals surface area contributed by atoms with E-state index in [9.17, 15) is 68.3 Å². The third-order valence-corrected chi connectivity index (χ3v) is 2.18. The summed E-state index contributed by atoms with van der Waals surface area (Å²) in [6.45, 7) is 2.80. The highest BCUT2D eigenvalue weighted by Gasteiger charge is 2.39. The number of alkyl halides is 9. The Kier molecular flexibility index (Phi) is 17.4. The second kappa shape index (κ2) is 14.8. The monoisotopic (exact) mass is 489 g/mol. The Morgan fingerprint density at radius 1 is 0.452 bits per heavy atom. The van der Waals surface area contributed by atoms with Crippen molar-refractivity contribution < 1.29 is 68.3 Å².